The smallest absolute Gasteiger partial charge is 0.235 e. The minimum absolute atomic E-state index is 0.136. The molecule has 3 rings (SSSR count). The predicted octanol–water partition coefficient (Wildman–Crippen LogP) is 2.69. The first kappa shape index (κ1) is 16.5. The molecule has 1 aromatic carbocycles. The van der Waals surface area contributed by atoms with Crippen LogP contribution in [-0.2, 0) is 11.8 Å². The SMILES string of the molecule is Cc1cc(NC(=O)CSc2nncn2-c2cccc(Cl)c2)n(C)n1. The Balaban J connectivity index is 1.66. The molecule has 0 spiro atoms. The zero-order valence-corrected chi connectivity index (χ0v) is 14.7. The van der Waals surface area contributed by atoms with Gasteiger partial charge in [0, 0.05) is 18.1 Å². The van der Waals surface area contributed by atoms with Gasteiger partial charge in [0.05, 0.1) is 17.1 Å². The molecule has 2 aromatic heterocycles. The summed E-state index contributed by atoms with van der Waals surface area (Å²) in [6, 6.07) is 9.18. The van der Waals surface area contributed by atoms with E-state index in [1.807, 2.05) is 31.2 Å². The third-order valence-electron chi connectivity index (χ3n) is 3.20. The zero-order valence-electron chi connectivity index (χ0n) is 13.1. The molecule has 0 unspecified atom stereocenters. The first-order valence-corrected chi connectivity index (χ1v) is 8.48. The lowest BCUT2D eigenvalue weighted by atomic mass is 10.3. The molecule has 3 aromatic rings. The lowest BCUT2D eigenvalue weighted by molar-refractivity contribution is -0.113. The highest BCUT2D eigenvalue weighted by Crippen LogP contribution is 2.21. The maximum Gasteiger partial charge on any atom is 0.235 e. The first-order valence-electron chi connectivity index (χ1n) is 7.12. The number of thioether (sulfide) groups is 1. The summed E-state index contributed by atoms with van der Waals surface area (Å²) in [4.78, 5) is 12.1. The van der Waals surface area contributed by atoms with Gasteiger partial charge in [-0.25, -0.2) is 0 Å². The summed E-state index contributed by atoms with van der Waals surface area (Å²) in [5, 5.41) is 16.2. The van der Waals surface area contributed by atoms with Crippen LogP contribution in [0.5, 0.6) is 0 Å². The fraction of sp³-hybridized carbons (Fsp3) is 0.200. The van der Waals surface area contributed by atoms with E-state index in [4.69, 9.17) is 11.6 Å². The number of carbonyl (C=O) groups excluding carboxylic acids is 1. The van der Waals surface area contributed by atoms with Crippen LogP contribution >= 0.6 is 23.4 Å². The summed E-state index contributed by atoms with van der Waals surface area (Å²) >= 11 is 7.31. The second-order valence-corrected chi connectivity index (χ2v) is 6.47. The van der Waals surface area contributed by atoms with Crippen LogP contribution in [0.4, 0.5) is 5.82 Å². The number of anilines is 1. The molecule has 0 aliphatic heterocycles. The first-order chi connectivity index (χ1) is 11.5. The van der Waals surface area contributed by atoms with Crippen molar-refractivity contribution in [1.29, 1.82) is 0 Å². The van der Waals surface area contributed by atoms with Gasteiger partial charge in [0.1, 0.15) is 12.1 Å². The van der Waals surface area contributed by atoms with Crippen molar-refractivity contribution in [3.8, 4) is 5.69 Å². The second kappa shape index (κ2) is 7.06. The molecule has 0 saturated heterocycles. The second-order valence-electron chi connectivity index (χ2n) is 5.09. The number of hydrogen-bond acceptors (Lipinski definition) is 5. The Bertz CT molecular complexity index is 874. The average molecular weight is 363 g/mol. The Morgan fingerprint density at radius 1 is 1.38 bits per heavy atom. The molecule has 0 radical (unpaired) electrons. The Labute approximate surface area is 148 Å². The summed E-state index contributed by atoms with van der Waals surface area (Å²) < 4.78 is 3.42. The van der Waals surface area contributed by atoms with Gasteiger partial charge in [0.2, 0.25) is 5.91 Å². The van der Waals surface area contributed by atoms with Crippen LogP contribution in [0.2, 0.25) is 5.02 Å². The number of carbonyl (C=O) groups is 1. The van der Waals surface area contributed by atoms with E-state index in [2.05, 4.69) is 20.6 Å². The van der Waals surface area contributed by atoms with Crippen LogP contribution in [0.3, 0.4) is 0 Å². The minimum Gasteiger partial charge on any atom is -0.310 e. The van der Waals surface area contributed by atoms with Crippen molar-refractivity contribution in [3.63, 3.8) is 0 Å². The summed E-state index contributed by atoms with van der Waals surface area (Å²) in [7, 11) is 1.78. The predicted molar refractivity (Wildman–Crippen MR) is 93.7 cm³/mol. The van der Waals surface area contributed by atoms with Gasteiger partial charge in [-0.15, -0.1) is 10.2 Å². The monoisotopic (exact) mass is 362 g/mol. The molecule has 0 bridgehead atoms. The molecule has 0 aliphatic rings. The standard InChI is InChI=1S/C15H15ClN6OS/c1-10-6-13(21(2)20-10)18-14(23)8-24-15-19-17-9-22(15)12-5-3-4-11(16)7-12/h3-7,9H,8H2,1-2H3,(H,18,23). The maximum atomic E-state index is 12.1. The van der Waals surface area contributed by atoms with Gasteiger partial charge >= 0.3 is 0 Å². The van der Waals surface area contributed by atoms with E-state index < -0.39 is 0 Å². The highest BCUT2D eigenvalue weighted by Gasteiger charge is 2.12. The van der Waals surface area contributed by atoms with E-state index in [0.29, 0.717) is 16.0 Å². The largest absolute Gasteiger partial charge is 0.310 e. The Morgan fingerprint density at radius 3 is 2.92 bits per heavy atom. The summed E-state index contributed by atoms with van der Waals surface area (Å²) in [5.74, 6) is 0.738. The number of nitrogens with one attached hydrogen (secondary N) is 1. The zero-order chi connectivity index (χ0) is 17.1. The number of aryl methyl sites for hydroxylation is 2. The number of benzene rings is 1. The van der Waals surface area contributed by atoms with Gasteiger partial charge < -0.3 is 5.32 Å². The molecule has 1 N–H and O–H groups in total. The van der Waals surface area contributed by atoms with Crippen molar-refractivity contribution in [1.82, 2.24) is 24.5 Å². The van der Waals surface area contributed by atoms with E-state index in [-0.39, 0.29) is 11.7 Å². The van der Waals surface area contributed by atoms with Crippen molar-refractivity contribution in [2.75, 3.05) is 11.1 Å². The van der Waals surface area contributed by atoms with E-state index in [0.717, 1.165) is 11.4 Å². The average Bonchev–Trinajstić information content (AvgIpc) is 3.12. The van der Waals surface area contributed by atoms with E-state index >= 15 is 0 Å². The Kier molecular flexibility index (Phi) is 4.86. The van der Waals surface area contributed by atoms with Crippen LogP contribution in [0, 0.1) is 6.92 Å². The molecule has 9 heteroatoms. The molecule has 124 valence electrons. The van der Waals surface area contributed by atoms with Crippen LogP contribution in [0.1, 0.15) is 5.69 Å². The Morgan fingerprint density at radius 2 is 2.21 bits per heavy atom. The Hall–Kier alpha value is -2.32. The van der Waals surface area contributed by atoms with Gasteiger partial charge in [-0.2, -0.15) is 5.10 Å². The van der Waals surface area contributed by atoms with Crippen molar-refractivity contribution < 1.29 is 4.79 Å². The van der Waals surface area contributed by atoms with Crippen LogP contribution in [-0.4, -0.2) is 36.2 Å². The highest BCUT2D eigenvalue weighted by atomic mass is 35.5. The molecular formula is C15H15ClN6OS. The molecule has 2 heterocycles. The van der Waals surface area contributed by atoms with Crippen LogP contribution in [0.15, 0.2) is 41.8 Å². The molecule has 0 aliphatic carbocycles. The number of aromatic nitrogens is 5. The normalized spacial score (nSPS) is 10.8. The van der Waals surface area contributed by atoms with Gasteiger partial charge in [-0.1, -0.05) is 29.4 Å². The fourth-order valence-corrected chi connectivity index (χ4v) is 3.08. The van der Waals surface area contributed by atoms with E-state index in [1.54, 1.807) is 28.7 Å². The van der Waals surface area contributed by atoms with Crippen molar-refractivity contribution in [3.05, 3.63) is 47.4 Å². The molecular weight excluding hydrogens is 348 g/mol. The van der Waals surface area contributed by atoms with Gasteiger partial charge in [-0.05, 0) is 25.1 Å². The number of halogens is 1. The third kappa shape index (κ3) is 3.77. The molecule has 7 nitrogen and oxygen atoms in total. The molecule has 24 heavy (non-hydrogen) atoms. The van der Waals surface area contributed by atoms with Gasteiger partial charge in [-0.3, -0.25) is 14.0 Å². The minimum atomic E-state index is -0.136. The third-order valence-corrected chi connectivity index (χ3v) is 4.38. The van der Waals surface area contributed by atoms with Crippen molar-refractivity contribution >= 4 is 35.1 Å². The van der Waals surface area contributed by atoms with Gasteiger partial charge in [0.15, 0.2) is 5.16 Å². The quantitative estimate of drug-likeness (QED) is 0.706. The summed E-state index contributed by atoms with van der Waals surface area (Å²) in [5.41, 5.74) is 1.69. The number of nitrogens with zero attached hydrogens (tertiary/aromatic N) is 5. The van der Waals surface area contributed by atoms with E-state index in [1.165, 1.54) is 11.8 Å². The molecule has 1 amide bonds. The van der Waals surface area contributed by atoms with Crippen molar-refractivity contribution in [2.24, 2.45) is 7.05 Å². The fourth-order valence-electron chi connectivity index (χ4n) is 2.16. The summed E-state index contributed by atoms with van der Waals surface area (Å²) in [6.07, 6.45) is 1.59. The number of amides is 1. The number of rotatable bonds is 5. The molecule has 0 fully saturated rings. The summed E-state index contributed by atoms with van der Waals surface area (Å²) in [6.45, 7) is 1.87. The molecule has 0 atom stereocenters. The van der Waals surface area contributed by atoms with Crippen molar-refractivity contribution in [2.45, 2.75) is 12.1 Å². The lowest BCUT2D eigenvalue weighted by Gasteiger charge is -2.07. The number of hydrogen-bond donors (Lipinski definition) is 1. The lowest BCUT2D eigenvalue weighted by Crippen LogP contribution is -2.16. The van der Waals surface area contributed by atoms with Gasteiger partial charge in [0.25, 0.3) is 0 Å². The van der Waals surface area contributed by atoms with E-state index in [9.17, 15) is 4.79 Å². The van der Waals surface area contributed by atoms with Crippen LogP contribution < -0.4 is 5.32 Å². The van der Waals surface area contributed by atoms with Crippen LogP contribution in [0.25, 0.3) is 5.69 Å². The topological polar surface area (TPSA) is 77.6 Å². The molecule has 0 saturated carbocycles. The highest BCUT2D eigenvalue weighted by molar-refractivity contribution is 7.99. The maximum absolute atomic E-state index is 12.1.